The highest BCUT2D eigenvalue weighted by Crippen LogP contribution is 2.21. The van der Waals surface area contributed by atoms with Crippen molar-refractivity contribution in [2.45, 2.75) is 13.0 Å². The zero-order chi connectivity index (χ0) is 13.0. The van der Waals surface area contributed by atoms with E-state index in [1.165, 1.54) is 5.56 Å². The number of hydrogen-bond donors (Lipinski definition) is 2. The molecule has 2 aromatic rings. The Balaban J connectivity index is 2.18. The molecule has 1 atom stereocenters. The fourth-order valence-electron chi connectivity index (χ4n) is 1.89. The molecule has 3 nitrogen and oxygen atoms in total. The summed E-state index contributed by atoms with van der Waals surface area (Å²) in [7, 11) is 0. The number of hydrogen-bond acceptors (Lipinski definition) is 1. The summed E-state index contributed by atoms with van der Waals surface area (Å²) in [5.41, 5.74) is 8.48. The summed E-state index contributed by atoms with van der Waals surface area (Å²) >= 11 is 0. The molecule has 2 rings (SSSR count). The fourth-order valence-corrected chi connectivity index (χ4v) is 1.89. The zero-order valence-corrected chi connectivity index (χ0v) is 10.3. The normalized spacial score (nSPS) is 11.8. The fraction of sp³-hybridized carbons (Fsp3) is 0.133. The first-order chi connectivity index (χ1) is 8.66. The molecule has 0 aliphatic carbocycles. The molecular formula is C15H16N2O. The Labute approximate surface area is 107 Å². The molecule has 0 radical (unpaired) electrons. The smallest absolute Gasteiger partial charge is 0.312 e. The molecule has 0 aliphatic heterocycles. The number of nitrogens with two attached hydrogens (primary N) is 1. The van der Waals surface area contributed by atoms with Crippen molar-refractivity contribution in [3.8, 4) is 11.1 Å². The predicted octanol–water partition coefficient (Wildman–Crippen LogP) is 3.08. The van der Waals surface area contributed by atoms with Crippen LogP contribution in [-0.2, 0) is 0 Å². The maximum absolute atomic E-state index is 10.8. The highest BCUT2D eigenvalue weighted by molar-refractivity contribution is 5.72. The topological polar surface area (TPSA) is 55.1 Å². The molecule has 0 saturated carbocycles. The van der Waals surface area contributed by atoms with Crippen LogP contribution in [-0.4, -0.2) is 6.03 Å². The molecule has 0 saturated heterocycles. The average molecular weight is 240 g/mol. The Bertz CT molecular complexity index is 520. The molecule has 0 aromatic heterocycles. The van der Waals surface area contributed by atoms with Gasteiger partial charge in [-0.3, -0.25) is 0 Å². The molecule has 18 heavy (non-hydrogen) atoms. The second-order valence-corrected chi connectivity index (χ2v) is 4.22. The zero-order valence-electron chi connectivity index (χ0n) is 10.3. The quantitative estimate of drug-likeness (QED) is 0.851. The van der Waals surface area contributed by atoms with Crippen LogP contribution in [0.1, 0.15) is 18.5 Å². The van der Waals surface area contributed by atoms with E-state index in [0.717, 1.165) is 11.1 Å². The van der Waals surface area contributed by atoms with E-state index in [0.29, 0.717) is 0 Å². The molecule has 0 spiro atoms. The van der Waals surface area contributed by atoms with E-state index in [2.05, 4.69) is 17.4 Å². The summed E-state index contributed by atoms with van der Waals surface area (Å²) in [4.78, 5) is 10.8. The lowest BCUT2D eigenvalue weighted by molar-refractivity contribution is 0.246. The van der Waals surface area contributed by atoms with Crippen molar-refractivity contribution in [2.75, 3.05) is 0 Å². The van der Waals surface area contributed by atoms with E-state index < -0.39 is 6.03 Å². The number of carbonyl (C=O) groups excluding carboxylic acids is 1. The van der Waals surface area contributed by atoms with E-state index in [-0.39, 0.29) is 6.04 Å². The Hall–Kier alpha value is -2.29. The van der Waals surface area contributed by atoms with E-state index in [4.69, 9.17) is 5.73 Å². The van der Waals surface area contributed by atoms with Gasteiger partial charge in [0.15, 0.2) is 0 Å². The van der Waals surface area contributed by atoms with Crippen LogP contribution in [0.25, 0.3) is 11.1 Å². The monoisotopic (exact) mass is 240 g/mol. The first-order valence-corrected chi connectivity index (χ1v) is 5.88. The largest absolute Gasteiger partial charge is 0.352 e. The first kappa shape index (κ1) is 12.2. The molecule has 2 amide bonds. The standard InChI is InChI=1S/C15H16N2O/c1-11(17-15(16)18)12-7-9-14(10-8-12)13-5-3-2-4-6-13/h2-11H,1H3,(H3,16,17,18). The lowest BCUT2D eigenvalue weighted by atomic mass is 10.0. The summed E-state index contributed by atoms with van der Waals surface area (Å²) in [5.74, 6) is 0. The van der Waals surface area contributed by atoms with Crippen molar-refractivity contribution in [3.63, 3.8) is 0 Å². The van der Waals surface area contributed by atoms with Gasteiger partial charge in [-0.1, -0.05) is 54.6 Å². The number of primary amides is 1. The van der Waals surface area contributed by atoms with Gasteiger partial charge in [0.2, 0.25) is 0 Å². The van der Waals surface area contributed by atoms with Gasteiger partial charge in [-0.05, 0) is 23.6 Å². The van der Waals surface area contributed by atoms with E-state index >= 15 is 0 Å². The van der Waals surface area contributed by atoms with Crippen LogP contribution in [0.3, 0.4) is 0 Å². The Morgan fingerprint density at radius 1 is 1.00 bits per heavy atom. The predicted molar refractivity (Wildman–Crippen MR) is 73.0 cm³/mol. The lowest BCUT2D eigenvalue weighted by Crippen LogP contribution is -2.31. The van der Waals surface area contributed by atoms with Gasteiger partial charge in [-0.25, -0.2) is 4.79 Å². The van der Waals surface area contributed by atoms with Crippen LogP contribution >= 0.6 is 0 Å². The Kier molecular flexibility index (Phi) is 3.63. The van der Waals surface area contributed by atoms with Gasteiger partial charge in [-0.15, -0.1) is 0 Å². The Morgan fingerprint density at radius 2 is 1.56 bits per heavy atom. The van der Waals surface area contributed by atoms with Gasteiger partial charge in [-0.2, -0.15) is 0 Å². The van der Waals surface area contributed by atoms with Crippen LogP contribution in [0, 0.1) is 0 Å². The average Bonchev–Trinajstić information content (AvgIpc) is 2.39. The third-order valence-electron chi connectivity index (χ3n) is 2.88. The van der Waals surface area contributed by atoms with Crippen molar-refractivity contribution < 1.29 is 4.79 Å². The number of rotatable bonds is 3. The maximum Gasteiger partial charge on any atom is 0.312 e. The minimum Gasteiger partial charge on any atom is -0.352 e. The van der Waals surface area contributed by atoms with Crippen LogP contribution in [0.15, 0.2) is 54.6 Å². The van der Waals surface area contributed by atoms with Gasteiger partial charge >= 0.3 is 6.03 Å². The molecule has 2 aromatic carbocycles. The second-order valence-electron chi connectivity index (χ2n) is 4.22. The van der Waals surface area contributed by atoms with E-state index in [9.17, 15) is 4.79 Å². The molecule has 0 aliphatic rings. The Morgan fingerprint density at radius 3 is 2.11 bits per heavy atom. The molecule has 92 valence electrons. The van der Waals surface area contributed by atoms with Crippen molar-refractivity contribution in [3.05, 3.63) is 60.2 Å². The van der Waals surface area contributed by atoms with Crippen LogP contribution < -0.4 is 11.1 Å². The van der Waals surface area contributed by atoms with Crippen molar-refractivity contribution in [2.24, 2.45) is 5.73 Å². The molecule has 3 N–H and O–H groups in total. The summed E-state index contributed by atoms with van der Waals surface area (Å²) in [6, 6.07) is 17.7. The number of benzene rings is 2. The van der Waals surface area contributed by atoms with Crippen molar-refractivity contribution in [1.29, 1.82) is 0 Å². The highest BCUT2D eigenvalue weighted by Gasteiger charge is 2.06. The number of urea groups is 1. The van der Waals surface area contributed by atoms with Crippen LogP contribution in [0.2, 0.25) is 0 Å². The SMILES string of the molecule is CC(NC(N)=O)c1ccc(-c2ccccc2)cc1. The summed E-state index contributed by atoms with van der Waals surface area (Å²) < 4.78 is 0. The molecule has 3 heteroatoms. The number of carbonyl (C=O) groups is 1. The van der Waals surface area contributed by atoms with Crippen LogP contribution in [0.5, 0.6) is 0 Å². The van der Waals surface area contributed by atoms with Gasteiger partial charge in [0, 0.05) is 0 Å². The molecule has 0 bridgehead atoms. The number of nitrogens with one attached hydrogen (secondary N) is 1. The molecule has 0 heterocycles. The van der Waals surface area contributed by atoms with Gasteiger partial charge in [0.25, 0.3) is 0 Å². The summed E-state index contributed by atoms with van der Waals surface area (Å²) in [5, 5.41) is 2.66. The van der Waals surface area contributed by atoms with Crippen molar-refractivity contribution >= 4 is 6.03 Å². The third kappa shape index (κ3) is 2.88. The minimum atomic E-state index is -0.505. The highest BCUT2D eigenvalue weighted by atomic mass is 16.2. The number of amides is 2. The maximum atomic E-state index is 10.8. The van der Waals surface area contributed by atoms with Gasteiger partial charge in [0.05, 0.1) is 6.04 Å². The minimum absolute atomic E-state index is 0.0766. The van der Waals surface area contributed by atoms with Gasteiger partial charge < -0.3 is 11.1 Å². The second kappa shape index (κ2) is 5.36. The molecule has 1 unspecified atom stereocenters. The summed E-state index contributed by atoms with van der Waals surface area (Å²) in [6.07, 6.45) is 0. The van der Waals surface area contributed by atoms with E-state index in [1.54, 1.807) is 0 Å². The van der Waals surface area contributed by atoms with Crippen molar-refractivity contribution in [1.82, 2.24) is 5.32 Å². The molecule has 0 fully saturated rings. The van der Waals surface area contributed by atoms with Crippen LogP contribution in [0.4, 0.5) is 4.79 Å². The van der Waals surface area contributed by atoms with Gasteiger partial charge in [0.1, 0.15) is 0 Å². The summed E-state index contributed by atoms with van der Waals surface area (Å²) in [6.45, 7) is 1.91. The lowest BCUT2D eigenvalue weighted by Gasteiger charge is -2.13. The molecular weight excluding hydrogens is 224 g/mol. The van der Waals surface area contributed by atoms with E-state index in [1.807, 2.05) is 49.4 Å². The first-order valence-electron chi connectivity index (χ1n) is 5.88. The third-order valence-corrected chi connectivity index (χ3v) is 2.88.